The molecule has 0 saturated carbocycles. The first-order valence-electron chi connectivity index (χ1n) is 20.9. The van der Waals surface area contributed by atoms with Gasteiger partial charge in [-0.3, -0.25) is 9.13 Å². The van der Waals surface area contributed by atoms with Crippen LogP contribution in [0.5, 0.6) is 0 Å². The Balaban J connectivity index is 1.08. The molecule has 0 atom stereocenters. The van der Waals surface area contributed by atoms with Crippen molar-refractivity contribution in [1.82, 2.24) is 24.1 Å². The van der Waals surface area contributed by atoms with Crippen LogP contribution in [0.3, 0.4) is 0 Å². The predicted molar refractivity (Wildman–Crippen MR) is 256 cm³/mol. The molecule has 0 saturated heterocycles. The van der Waals surface area contributed by atoms with Crippen LogP contribution in [0.2, 0.25) is 0 Å². The number of imidazole rings is 2. The highest BCUT2D eigenvalue weighted by molar-refractivity contribution is 6.22. The second kappa shape index (κ2) is 14.7. The molecule has 5 heteroatoms. The molecule has 0 aliphatic carbocycles. The van der Waals surface area contributed by atoms with Crippen molar-refractivity contribution in [3.05, 3.63) is 225 Å². The molecule has 9 aromatic carbocycles. The number of aromatic nitrogens is 5. The fourth-order valence-corrected chi connectivity index (χ4v) is 9.16. The van der Waals surface area contributed by atoms with Gasteiger partial charge in [-0.05, 0) is 104 Å². The average Bonchev–Trinajstić information content (AvgIpc) is 3.94. The zero-order valence-corrected chi connectivity index (χ0v) is 33.6. The first kappa shape index (κ1) is 35.5. The lowest BCUT2D eigenvalue weighted by molar-refractivity contribution is 1.03. The van der Waals surface area contributed by atoms with E-state index in [1.165, 1.54) is 43.8 Å². The molecule has 5 nitrogen and oxygen atoms in total. The molecule has 0 unspecified atom stereocenters. The van der Waals surface area contributed by atoms with E-state index in [2.05, 4.69) is 203 Å². The van der Waals surface area contributed by atoms with Crippen LogP contribution in [0.4, 0.5) is 0 Å². The van der Waals surface area contributed by atoms with Crippen LogP contribution in [0.25, 0.3) is 111 Å². The number of hydrogen-bond acceptors (Lipinski definition) is 3. The van der Waals surface area contributed by atoms with Crippen LogP contribution < -0.4 is 0 Å². The van der Waals surface area contributed by atoms with Crippen molar-refractivity contribution in [2.45, 2.75) is 0 Å². The number of fused-ring (bicyclic) bond motifs is 4. The molecule has 290 valence electrons. The average molecular weight is 792 g/mol. The van der Waals surface area contributed by atoms with Gasteiger partial charge >= 0.3 is 0 Å². The van der Waals surface area contributed by atoms with Gasteiger partial charge in [-0.25, -0.2) is 15.0 Å². The molecule has 0 bridgehead atoms. The van der Waals surface area contributed by atoms with Gasteiger partial charge < -0.3 is 0 Å². The van der Waals surface area contributed by atoms with Gasteiger partial charge in [-0.1, -0.05) is 164 Å². The molecular formula is C57H37N5. The maximum absolute atomic E-state index is 5.18. The van der Waals surface area contributed by atoms with Gasteiger partial charge in [0, 0.05) is 28.6 Å². The maximum Gasteiger partial charge on any atom is 0.146 e. The predicted octanol–water partition coefficient (Wildman–Crippen LogP) is 14.4. The summed E-state index contributed by atoms with van der Waals surface area (Å²) in [4.78, 5) is 15.3. The van der Waals surface area contributed by atoms with E-state index in [0.29, 0.717) is 0 Å². The van der Waals surface area contributed by atoms with E-state index in [1.807, 2.05) is 30.5 Å². The second-order valence-corrected chi connectivity index (χ2v) is 15.6. The topological polar surface area (TPSA) is 48.5 Å². The summed E-state index contributed by atoms with van der Waals surface area (Å²) in [6.07, 6.45) is 1.99. The third-order valence-electron chi connectivity index (χ3n) is 12.0. The van der Waals surface area contributed by atoms with Gasteiger partial charge in [0.15, 0.2) is 0 Å². The van der Waals surface area contributed by atoms with Crippen LogP contribution in [0, 0.1) is 0 Å². The summed E-state index contributed by atoms with van der Waals surface area (Å²) < 4.78 is 4.46. The quantitative estimate of drug-likeness (QED) is 0.151. The lowest BCUT2D eigenvalue weighted by atomic mass is 9.84. The van der Waals surface area contributed by atoms with E-state index in [0.717, 1.165) is 67.5 Å². The fraction of sp³-hybridized carbons (Fsp3) is 0. The lowest BCUT2D eigenvalue weighted by Gasteiger charge is -2.20. The smallest absolute Gasteiger partial charge is 0.146 e. The standard InChI is InChI=1S/C57H37N5/c1-5-17-38(18-6-1)54-46-33-31-44(61-51-27-15-13-25-49(51)59-56(61)40-21-9-3-10-22-40)36-48(46)55(39-19-7-2-8-20-39)45-32-29-42(35-47(45)54)43-30-34-53(58-37-43)62-52-28-16-14-26-50(52)60-57(62)41-23-11-4-12-24-41/h1-37H. The molecule has 0 radical (unpaired) electrons. The maximum atomic E-state index is 5.18. The number of rotatable bonds is 7. The minimum atomic E-state index is 0.821. The Morgan fingerprint density at radius 2 is 0.758 bits per heavy atom. The number of nitrogens with zero attached hydrogens (tertiary/aromatic N) is 5. The zero-order valence-electron chi connectivity index (χ0n) is 33.6. The summed E-state index contributed by atoms with van der Waals surface area (Å²) >= 11 is 0. The Bertz CT molecular complexity index is 3590. The molecule has 0 fully saturated rings. The van der Waals surface area contributed by atoms with E-state index in [4.69, 9.17) is 15.0 Å². The van der Waals surface area contributed by atoms with Gasteiger partial charge in [0.1, 0.15) is 17.5 Å². The molecule has 0 N–H and O–H groups in total. The normalized spacial score (nSPS) is 11.5. The Morgan fingerprint density at radius 1 is 0.306 bits per heavy atom. The molecule has 0 aliphatic heterocycles. The Labute approximate surface area is 358 Å². The summed E-state index contributed by atoms with van der Waals surface area (Å²) in [6, 6.07) is 77.2. The van der Waals surface area contributed by atoms with Gasteiger partial charge in [-0.15, -0.1) is 0 Å². The monoisotopic (exact) mass is 791 g/mol. The zero-order chi connectivity index (χ0) is 41.0. The van der Waals surface area contributed by atoms with Gasteiger partial charge in [0.05, 0.1) is 22.1 Å². The Hall–Kier alpha value is -8.41. The molecule has 3 aromatic heterocycles. The number of pyridine rings is 1. The van der Waals surface area contributed by atoms with Crippen molar-refractivity contribution in [3.63, 3.8) is 0 Å². The molecule has 0 aliphatic rings. The van der Waals surface area contributed by atoms with Crippen LogP contribution >= 0.6 is 0 Å². The van der Waals surface area contributed by atoms with E-state index in [-0.39, 0.29) is 0 Å². The molecule has 12 rings (SSSR count). The Morgan fingerprint density at radius 3 is 1.31 bits per heavy atom. The molecule has 0 amide bonds. The second-order valence-electron chi connectivity index (χ2n) is 15.6. The minimum Gasteiger partial charge on any atom is -0.292 e. The van der Waals surface area contributed by atoms with Gasteiger partial charge in [-0.2, -0.15) is 0 Å². The van der Waals surface area contributed by atoms with Gasteiger partial charge in [0.25, 0.3) is 0 Å². The van der Waals surface area contributed by atoms with Crippen molar-refractivity contribution in [1.29, 1.82) is 0 Å². The summed E-state index contributed by atoms with van der Waals surface area (Å²) in [7, 11) is 0. The van der Waals surface area contributed by atoms with Crippen LogP contribution in [-0.4, -0.2) is 24.1 Å². The Kier molecular flexibility index (Phi) is 8.42. The first-order valence-corrected chi connectivity index (χ1v) is 20.9. The molecule has 62 heavy (non-hydrogen) atoms. The highest BCUT2D eigenvalue weighted by atomic mass is 15.1. The van der Waals surface area contributed by atoms with Crippen molar-refractivity contribution in [2.24, 2.45) is 0 Å². The highest BCUT2D eigenvalue weighted by Crippen LogP contribution is 2.46. The fourth-order valence-electron chi connectivity index (χ4n) is 9.16. The minimum absolute atomic E-state index is 0.821. The number of para-hydroxylation sites is 4. The van der Waals surface area contributed by atoms with E-state index in [9.17, 15) is 0 Å². The highest BCUT2D eigenvalue weighted by Gasteiger charge is 2.21. The number of benzene rings is 9. The SMILES string of the molecule is c1ccc(-c2c3ccc(-n4c(-c5ccccc5)nc5ccccc54)cc3c(-c3ccccc3)c3ccc(-c4ccc(-n5c(-c6ccccc6)nc6ccccc65)nc4)cc23)cc1. The van der Waals surface area contributed by atoms with E-state index >= 15 is 0 Å². The van der Waals surface area contributed by atoms with Crippen LogP contribution in [0.1, 0.15) is 0 Å². The summed E-state index contributed by atoms with van der Waals surface area (Å²) in [5, 5.41) is 4.73. The third-order valence-corrected chi connectivity index (χ3v) is 12.0. The van der Waals surface area contributed by atoms with E-state index in [1.54, 1.807) is 0 Å². The third kappa shape index (κ3) is 5.90. The van der Waals surface area contributed by atoms with Crippen LogP contribution in [-0.2, 0) is 0 Å². The van der Waals surface area contributed by atoms with Crippen molar-refractivity contribution in [3.8, 4) is 67.7 Å². The van der Waals surface area contributed by atoms with Crippen molar-refractivity contribution >= 4 is 43.6 Å². The van der Waals surface area contributed by atoms with E-state index < -0.39 is 0 Å². The molecular weight excluding hydrogens is 755 g/mol. The lowest BCUT2D eigenvalue weighted by Crippen LogP contribution is -2.00. The summed E-state index contributed by atoms with van der Waals surface area (Å²) in [6.45, 7) is 0. The summed E-state index contributed by atoms with van der Waals surface area (Å²) in [5.74, 6) is 2.60. The molecule has 12 aromatic rings. The molecule has 0 spiro atoms. The van der Waals surface area contributed by atoms with Crippen molar-refractivity contribution < 1.29 is 0 Å². The molecule has 3 heterocycles. The summed E-state index contributed by atoms with van der Waals surface area (Å²) in [5.41, 5.74) is 14.0. The number of hydrogen-bond donors (Lipinski definition) is 0. The largest absolute Gasteiger partial charge is 0.292 e. The van der Waals surface area contributed by atoms with Crippen LogP contribution in [0.15, 0.2) is 225 Å². The van der Waals surface area contributed by atoms with Gasteiger partial charge in [0.2, 0.25) is 0 Å². The first-order chi connectivity index (χ1) is 30.8. The van der Waals surface area contributed by atoms with Crippen molar-refractivity contribution in [2.75, 3.05) is 0 Å².